The summed E-state index contributed by atoms with van der Waals surface area (Å²) in [4.78, 5) is 11.5. The molecule has 1 aliphatic rings. The lowest BCUT2D eigenvalue weighted by Gasteiger charge is -2.14. The van der Waals surface area contributed by atoms with Crippen molar-refractivity contribution in [1.82, 2.24) is 10.6 Å². The van der Waals surface area contributed by atoms with Crippen molar-refractivity contribution >= 4 is 5.91 Å². The predicted molar refractivity (Wildman–Crippen MR) is 54.9 cm³/mol. The number of rotatable bonds is 5. The van der Waals surface area contributed by atoms with Gasteiger partial charge in [-0.1, -0.05) is 0 Å². The third kappa shape index (κ3) is 4.07. The standard InChI is InChI=1S/C10H20N2O2/c1-8(4-6-13)12-10(14)7-9-3-2-5-11-9/h8-9,11,13H,2-7H2,1H3,(H,12,14). The lowest BCUT2D eigenvalue weighted by atomic mass is 10.1. The normalized spacial score (nSPS) is 23.4. The smallest absolute Gasteiger partial charge is 0.221 e. The molecule has 0 aromatic rings. The second-order valence-corrected chi connectivity index (χ2v) is 3.98. The van der Waals surface area contributed by atoms with E-state index in [1.54, 1.807) is 0 Å². The summed E-state index contributed by atoms with van der Waals surface area (Å²) in [6.07, 6.45) is 3.46. The summed E-state index contributed by atoms with van der Waals surface area (Å²) in [6.45, 7) is 3.07. The van der Waals surface area contributed by atoms with Gasteiger partial charge in [0.1, 0.15) is 0 Å². The molecule has 0 spiro atoms. The van der Waals surface area contributed by atoms with Crippen LogP contribution in [0.3, 0.4) is 0 Å². The Labute approximate surface area is 85.1 Å². The zero-order valence-electron chi connectivity index (χ0n) is 8.75. The monoisotopic (exact) mass is 200 g/mol. The molecule has 0 aliphatic carbocycles. The Kier molecular flexibility index (Phi) is 4.90. The Bertz CT molecular complexity index is 179. The van der Waals surface area contributed by atoms with Gasteiger partial charge in [-0.25, -0.2) is 0 Å². The van der Waals surface area contributed by atoms with Crippen LogP contribution in [0.2, 0.25) is 0 Å². The molecule has 1 fully saturated rings. The first-order valence-electron chi connectivity index (χ1n) is 5.36. The summed E-state index contributed by atoms with van der Waals surface area (Å²) in [5.74, 6) is 0.0883. The van der Waals surface area contributed by atoms with Gasteiger partial charge in [-0.3, -0.25) is 4.79 Å². The first kappa shape index (κ1) is 11.5. The summed E-state index contributed by atoms with van der Waals surface area (Å²) in [7, 11) is 0. The Hall–Kier alpha value is -0.610. The van der Waals surface area contributed by atoms with Crippen LogP contribution in [0.15, 0.2) is 0 Å². The average Bonchev–Trinajstić information content (AvgIpc) is 2.56. The SMILES string of the molecule is CC(CCO)NC(=O)CC1CCCN1. The molecule has 1 amide bonds. The predicted octanol–water partition coefficient (Wildman–Crippen LogP) is 0.0156. The van der Waals surface area contributed by atoms with E-state index < -0.39 is 0 Å². The molecule has 0 bridgehead atoms. The van der Waals surface area contributed by atoms with Crippen molar-refractivity contribution < 1.29 is 9.90 Å². The molecule has 2 unspecified atom stereocenters. The summed E-state index contributed by atoms with van der Waals surface area (Å²) in [6, 6.07) is 0.435. The Morgan fingerprint density at radius 2 is 2.50 bits per heavy atom. The van der Waals surface area contributed by atoms with Gasteiger partial charge < -0.3 is 15.7 Å². The molecule has 1 aliphatic heterocycles. The van der Waals surface area contributed by atoms with Gasteiger partial charge in [0.25, 0.3) is 0 Å². The van der Waals surface area contributed by atoms with Crippen LogP contribution in [0.1, 0.15) is 32.6 Å². The third-order valence-electron chi connectivity index (χ3n) is 2.56. The van der Waals surface area contributed by atoms with Crippen LogP contribution in [-0.2, 0) is 4.79 Å². The van der Waals surface area contributed by atoms with Crippen molar-refractivity contribution in [3.05, 3.63) is 0 Å². The highest BCUT2D eigenvalue weighted by molar-refractivity contribution is 5.76. The van der Waals surface area contributed by atoms with Crippen molar-refractivity contribution in [2.45, 2.75) is 44.7 Å². The van der Waals surface area contributed by atoms with Crippen LogP contribution >= 0.6 is 0 Å². The van der Waals surface area contributed by atoms with Crippen molar-refractivity contribution in [2.24, 2.45) is 0 Å². The number of aliphatic hydroxyl groups is 1. The number of nitrogens with one attached hydrogen (secondary N) is 2. The van der Waals surface area contributed by atoms with Crippen molar-refractivity contribution in [3.8, 4) is 0 Å². The first-order valence-corrected chi connectivity index (χ1v) is 5.36. The summed E-state index contributed by atoms with van der Waals surface area (Å²) < 4.78 is 0. The highest BCUT2D eigenvalue weighted by Crippen LogP contribution is 2.08. The zero-order valence-corrected chi connectivity index (χ0v) is 8.75. The maximum absolute atomic E-state index is 11.5. The van der Waals surface area contributed by atoms with E-state index >= 15 is 0 Å². The van der Waals surface area contributed by atoms with Crippen LogP contribution in [0.4, 0.5) is 0 Å². The number of carbonyl (C=O) groups is 1. The lowest BCUT2D eigenvalue weighted by Crippen LogP contribution is -2.37. The van der Waals surface area contributed by atoms with Crippen LogP contribution < -0.4 is 10.6 Å². The van der Waals surface area contributed by atoms with E-state index in [0.29, 0.717) is 18.9 Å². The molecule has 2 atom stereocenters. The van der Waals surface area contributed by atoms with E-state index in [-0.39, 0.29) is 18.6 Å². The minimum Gasteiger partial charge on any atom is -0.396 e. The average molecular weight is 200 g/mol. The van der Waals surface area contributed by atoms with Crippen LogP contribution in [-0.4, -0.2) is 36.2 Å². The molecule has 4 heteroatoms. The van der Waals surface area contributed by atoms with Crippen molar-refractivity contribution in [2.75, 3.05) is 13.2 Å². The molecule has 14 heavy (non-hydrogen) atoms. The second-order valence-electron chi connectivity index (χ2n) is 3.98. The number of hydrogen-bond donors (Lipinski definition) is 3. The summed E-state index contributed by atoms with van der Waals surface area (Å²) in [5, 5.41) is 14.8. The van der Waals surface area contributed by atoms with Gasteiger partial charge >= 0.3 is 0 Å². The quantitative estimate of drug-likeness (QED) is 0.586. The van der Waals surface area contributed by atoms with E-state index in [2.05, 4.69) is 10.6 Å². The van der Waals surface area contributed by atoms with E-state index in [9.17, 15) is 4.79 Å². The minimum absolute atomic E-state index is 0.0777. The molecule has 0 aromatic heterocycles. The highest BCUT2D eigenvalue weighted by Gasteiger charge is 2.18. The molecular formula is C10H20N2O2. The zero-order chi connectivity index (χ0) is 10.4. The van der Waals surface area contributed by atoms with Crippen LogP contribution in [0, 0.1) is 0 Å². The molecule has 0 radical (unpaired) electrons. The van der Waals surface area contributed by atoms with Gasteiger partial charge in [0.15, 0.2) is 0 Å². The molecule has 0 saturated carbocycles. The summed E-state index contributed by atoms with van der Waals surface area (Å²) >= 11 is 0. The van der Waals surface area contributed by atoms with E-state index in [1.165, 1.54) is 6.42 Å². The van der Waals surface area contributed by atoms with Gasteiger partial charge in [-0.2, -0.15) is 0 Å². The number of carbonyl (C=O) groups excluding carboxylic acids is 1. The van der Waals surface area contributed by atoms with Gasteiger partial charge in [-0.15, -0.1) is 0 Å². The van der Waals surface area contributed by atoms with Gasteiger partial charge in [0, 0.05) is 25.1 Å². The molecule has 1 rings (SSSR count). The van der Waals surface area contributed by atoms with Gasteiger partial charge in [-0.05, 0) is 32.7 Å². The van der Waals surface area contributed by atoms with Crippen LogP contribution in [0.5, 0.6) is 0 Å². The molecular weight excluding hydrogens is 180 g/mol. The van der Waals surface area contributed by atoms with Crippen molar-refractivity contribution in [3.63, 3.8) is 0 Å². The number of hydrogen-bond acceptors (Lipinski definition) is 3. The fourth-order valence-electron chi connectivity index (χ4n) is 1.75. The lowest BCUT2D eigenvalue weighted by molar-refractivity contribution is -0.122. The minimum atomic E-state index is 0.0777. The Morgan fingerprint density at radius 1 is 1.71 bits per heavy atom. The topological polar surface area (TPSA) is 61.4 Å². The van der Waals surface area contributed by atoms with Gasteiger partial charge in [0.2, 0.25) is 5.91 Å². The van der Waals surface area contributed by atoms with Crippen molar-refractivity contribution in [1.29, 1.82) is 0 Å². The number of amides is 1. The molecule has 1 heterocycles. The Morgan fingerprint density at radius 3 is 3.07 bits per heavy atom. The largest absolute Gasteiger partial charge is 0.396 e. The third-order valence-corrected chi connectivity index (χ3v) is 2.56. The summed E-state index contributed by atoms with van der Waals surface area (Å²) in [5.41, 5.74) is 0. The second kappa shape index (κ2) is 5.98. The molecule has 0 aromatic carbocycles. The maximum Gasteiger partial charge on any atom is 0.221 e. The molecule has 3 N–H and O–H groups in total. The van der Waals surface area contributed by atoms with E-state index in [1.807, 2.05) is 6.92 Å². The Balaban J connectivity index is 2.14. The van der Waals surface area contributed by atoms with E-state index in [0.717, 1.165) is 13.0 Å². The van der Waals surface area contributed by atoms with E-state index in [4.69, 9.17) is 5.11 Å². The fraction of sp³-hybridized carbons (Fsp3) is 0.900. The molecule has 82 valence electrons. The highest BCUT2D eigenvalue weighted by atomic mass is 16.3. The first-order chi connectivity index (χ1) is 6.72. The fourth-order valence-corrected chi connectivity index (χ4v) is 1.75. The van der Waals surface area contributed by atoms with Gasteiger partial charge in [0.05, 0.1) is 0 Å². The molecule has 1 saturated heterocycles. The number of aliphatic hydroxyl groups excluding tert-OH is 1. The van der Waals surface area contributed by atoms with Crippen LogP contribution in [0.25, 0.3) is 0 Å². The molecule has 4 nitrogen and oxygen atoms in total. The maximum atomic E-state index is 11.5.